The third kappa shape index (κ3) is 7.26. The Morgan fingerprint density at radius 2 is 1.87 bits per heavy atom. The SMILES string of the molecule is NC(=O)[C@H](N)CCCCNC(CO)CO. The lowest BCUT2D eigenvalue weighted by molar-refractivity contribution is -0.119. The number of hydrogen-bond donors (Lipinski definition) is 5. The average molecular weight is 219 g/mol. The van der Waals surface area contributed by atoms with Gasteiger partial charge in [0.05, 0.1) is 25.3 Å². The van der Waals surface area contributed by atoms with Gasteiger partial charge >= 0.3 is 0 Å². The number of nitrogens with one attached hydrogen (secondary N) is 1. The molecule has 0 unspecified atom stereocenters. The van der Waals surface area contributed by atoms with Gasteiger partial charge in [-0.05, 0) is 19.4 Å². The van der Waals surface area contributed by atoms with E-state index in [0.717, 1.165) is 12.8 Å². The standard InChI is InChI=1S/C9H21N3O3/c10-8(9(11)15)3-1-2-4-12-7(5-13)6-14/h7-8,12-14H,1-6,10H2,(H2,11,15)/t8-/m1/s1. The molecule has 0 saturated heterocycles. The molecule has 0 bridgehead atoms. The molecule has 0 spiro atoms. The average Bonchev–Trinajstić information content (AvgIpc) is 2.23. The van der Waals surface area contributed by atoms with E-state index >= 15 is 0 Å². The monoisotopic (exact) mass is 219 g/mol. The minimum absolute atomic E-state index is 0.0860. The first-order chi connectivity index (χ1) is 7.11. The smallest absolute Gasteiger partial charge is 0.234 e. The first kappa shape index (κ1) is 14.3. The van der Waals surface area contributed by atoms with Crippen LogP contribution in [0.5, 0.6) is 0 Å². The number of aliphatic hydroxyl groups is 2. The summed E-state index contributed by atoms with van der Waals surface area (Å²) in [4.78, 5) is 10.6. The Labute approximate surface area is 89.6 Å². The predicted molar refractivity (Wildman–Crippen MR) is 57.0 cm³/mol. The summed E-state index contributed by atoms with van der Waals surface area (Å²) in [6, 6.07) is -0.841. The molecule has 0 aromatic carbocycles. The van der Waals surface area contributed by atoms with Crippen molar-refractivity contribution in [3.63, 3.8) is 0 Å². The van der Waals surface area contributed by atoms with Gasteiger partial charge in [0.1, 0.15) is 0 Å². The number of nitrogens with two attached hydrogens (primary N) is 2. The lowest BCUT2D eigenvalue weighted by Crippen LogP contribution is -2.37. The van der Waals surface area contributed by atoms with Gasteiger partial charge in [0, 0.05) is 0 Å². The molecule has 0 saturated carbocycles. The van der Waals surface area contributed by atoms with Crippen molar-refractivity contribution in [3.05, 3.63) is 0 Å². The lowest BCUT2D eigenvalue weighted by Gasteiger charge is -2.13. The molecule has 1 atom stereocenters. The normalized spacial score (nSPS) is 13.1. The Morgan fingerprint density at radius 1 is 1.27 bits per heavy atom. The third-order valence-corrected chi connectivity index (χ3v) is 2.18. The summed E-state index contributed by atoms with van der Waals surface area (Å²) in [5.74, 6) is -0.480. The van der Waals surface area contributed by atoms with Crippen molar-refractivity contribution < 1.29 is 15.0 Å². The molecule has 0 radical (unpaired) electrons. The van der Waals surface area contributed by atoms with Crippen LogP contribution in [0.3, 0.4) is 0 Å². The Hall–Kier alpha value is -0.690. The predicted octanol–water partition coefficient (Wildman–Crippen LogP) is -2.09. The van der Waals surface area contributed by atoms with Gasteiger partial charge in [0.25, 0.3) is 0 Å². The van der Waals surface area contributed by atoms with E-state index < -0.39 is 11.9 Å². The van der Waals surface area contributed by atoms with Crippen LogP contribution in [-0.2, 0) is 4.79 Å². The van der Waals surface area contributed by atoms with Crippen LogP contribution in [0.15, 0.2) is 0 Å². The topological polar surface area (TPSA) is 122 Å². The van der Waals surface area contributed by atoms with Crippen molar-refractivity contribution in [1.29, 1.82) is 0 Å². The van der Waals surface area contributed by atoms with E-state index in [1.165, 1.54) is 0 Å². The van der Waals surface area contributed by atoms with Gasteiger partial charge < -0.3 is 27.0 Å². The van der Waals surface area contributed by atoms with E-state index in [1.807, 2.05) is 0 Å². The quantitative estimate of drug-likeness (QED) is 0.285. The molecule has 0 heterocycles. The maximum Gasteiger partial charge on any atom is 0.234 e. The highest BCUT2D eigenvalue weighted by Crippen LogP contribution is 1.97. The van der Waals surface area contributed by atoms with Crippen LogP contribution in [0, 0.1) is 0 Å². The van der Waals surface area contributed by atoms with Crippen molar-refractivity contribution in [3.8, 4) is 0 Å². The maximum absolute atomic E-state index is 10.6. The summed E-state index contributed by atoms with van der Waals surface area (Å²) in [5, 5.41) is 20.4. The fraction of sp³-hybridized carbons (Fsp3) is 0.889. The van der Waals surface area contributed by atoms with Gasteiger partial charge in [-0.1, -0.05) is 6.42 Å². The number of carbonyl (C=O) groups is 1. The highest BCUT2D eigenvalue weighted by atomic mass is 16.3. The van der Waals surface area contributed by atoms with Crippen LogP contribution in [0.2, 0.25) is 0 Å². The van der Waals surface area contributed by atoms with Gasteiger partial charge in [0.2, 0.25) is 5.91 Å². The Bertz CT molecular complexity index is 174. The molecule has 0 aliphatic heterocycles. The molecule has 1 amide bonds. The number of carbonyl (C=O) groups excluding carboxylic acids is 1. The zero-order valence-electron chi connectivity index (χ0n) is 8.85. The molecule has 7 N–H and O–H groups in total. The van der Waals surface area contributed by atoms with E-state index in [1.54, 1.807) is 0 Å². The van der Waals surface area contributed by atoms with Crippen molar-refractivity contribution in [2.45, 2.75) is 31.3 Å². The highest BCUT2D eigenvalue weighted by Gasteiger charge is 2.08. The Kier molecular flexibility index (Phi) is 8.21. The number of amides is 1. The van der Waals surface area contributed by atoms with E-state index in [4.69, 9.17) is 21.7 Å². The molecule has 6 heteroatoms. The Balaban J connectivity index is 3.35. The minimum Gasteiger partial charge on any atom is -0.395 e. The molecule has 0 aromatic heterocycles. The second-order valence-corrected chi connectivity index (χ2v) is 3.52. The van der Waals surface area contributed by atoms with Crippen LogP contribution in [-0.4, -0.2) is 48.0 Å². The van der Waals surface area contributed by atoms with Crippen molar-refractivity contribution in [1.82, 2.24) is 5.32 Å². The molecule has 0 rings (SSSR count). The number of hydrogen-bond acceptors (Lipinski definition) is 5. The number of aliphatic hydroxyl groups excluding tert-OH is 2. The molecule has 90 valence electrons. The molecule has 0 aliphatic carbocycles. The zero-order valence-corrected chi connectivity index (χ0v) is 8.85. The van der Waals surface area contributed by atoms with Crippen LogP contribution >= 0.6 is 0 Å². The van der Waals surface area contributed by atoms with Gasteiger partial charge in [-0.15, -0.1) is 0 Å². The summed E-state index contributed by atoms with van der Waals surface area (Å²) in [6.45, 7) is 0.506. The molecule has 0 aliphatic rings. The molecule has 15 heavy (non-hydrogen) atoms. The van der Waals surface area contributed by atoms with Crippen LogP contribution < -0.4 is 16.8 Å². The largest absolute Gasteiger partial charge is 0.395 e. The lowest BCUT2D eigenvalue weighted by atomic mass is 10.1. The van der Waals surface area contributed by atoms with Crippen LogP contribution in [0.4, 0.5) is 0 Å². The second-order valence-electron chi connectivity index (χ2n) is 3.52. The summed E-state index contributed by atoms with van der Waals surface area (Å²) in [6.07, 6.45) is 2.19. The molecular weight excluding hydrogens is 198 g/mol. The first-order valence-corrected chi connectivity index (χ1v) is 5.11. The number of unbranched alkanes of at least 4 members (excludes halogenated alkanes) is 1. The molecular formula is C9H21N3O3. The van der Waals surface area contributed by atoms with E-state index in [9.17, 15) is 4.79 Å². The molecule has 6 nitrogen and oxygen atoms in total. The number of primary amides is 1. The van der Waals surface area contributed by atoms with Gasteiger partial charge in [0.15, 0.2) is 0 Å². The van der Waals surface area contributed by atoms with E-state index in [0.29, 0.717) is 13.0 Å². The molecule has 0 fully saturated rings. The van der Waals surface area contributed by atoms with E-state index in [-0.39, 0.29) is 19.3 Å². The summed E-state index contributed by atoms with van der Waals surface area (Å²) < 4.78 is 0. The van der Waals surface area contributed by atoms with E-state index in [2.05, 4.69) is 5.32 Å². The third-order valence-electron chi connectivity index (χ3n) is 2.18. The van der Waals surface area contributed by atoms with Crippen LogP contribution in [0.1, 0.15) is 19.3 Å². The van der Waals surface area contributed by atoms with Crippen molar-refractivity contribution in [2.75, 3.05) is 19.8 Å². The first-order valence-electron chi connectivity index (χ1n) is 5.11. The zero-order chi connectivity index (χ0) is 11.7. The number of rotatable bonds is 9. The minimum atomic E-state index is -0.573. The van der Waals surface area contributed by atoms with Gasteiger partial charge in [-0.25, -0.2) is 0 Å². The summed E-state index contributed by atoms with van der Waals surface area (Å²) in [7, 11) is 0. The van der Waals surface area contributed by atoms with Crippen molar-refractivity contribution >= 4 is 5.91 Å². The van der Waals surface area contributed by atoms with Gasteiger partial charge in [-0.3, -0.25) is 4.79 Å². The van der Waals surface area contributed by atoms with Crippen molar-refractivity contribution in [2.24, 2.45) is 11.5 Å². The van der Waals surface area contributed by atoms with Crippen LogP contribution in [0.25, 0.3) is 0 Å². The molecule has 0 aromatic rings. The maximum atomic E-state index is 10.6. The summed E-state index contributed by atoms with van der Waals surface area (Å²) in [5.41, 5.74) is 10.4. The highest BCUT2D eigenvalue weighted by molar-refractivity contribution is 5.79. The Morgan fingerprint density at radius 3 is 2.33 bits per heavy atom. The fourth-order valence-corrected chi connectivity index (χ4v) is 1.12. The summed E-state index contributed by atoms with van der Waals surface area (Å²) >= 11 is 0. The second kappa shape index (κ2) is 8.60. The van der Waals surface area contributed by atoms with Gasteiger partial charge in [-0.2, -0.15) is 0 Å². The fourth-order valence-electron chi connectivity index (χ4n) is 1.12.